The summed E-state index contributed by atoms with van der Waals surface area (Å²) in [6.07, 6.45) is 3.22. The molecule has 214 valence electrons. The van der Waals surface area contributed by atoms with E-state index in [4.69, 9.17) is 22.9 Å². The van der Waals surface area contributed by atoms with Gasteiger partial charge < -0.3 is 54.1 Å². The summed E-state index contributed by atoms with van der Waals surface area (Å²) in [5, 5.41) is 26.7. The average molecular weight is 541 g/mol. The Bertz CT molecular complexity index is 920. The maximum atomic E-state index is 13.2. The summed E-state index contributed by atoms with van der Waals surface area (Å²) in [5.74, 6) is -3.58. The van der Waals surface area contributed by atoms with Crippen LogP contribution in [0.4, 0.5) is 0 Å². The number of amides is 3. The third-order valence-corrected chi connectivity index (χ3v) is 5.57. The van der Waals surface area contributed by atoms with E-state index in [2.05, 4.69) is 30.9 Å². The van der Waals surface area contributed by atoms with Crippen LogP contribution in [0.15, 0.2) is 17.5 Å². The lowest BCUT2D eigenvalue weighted by Gasteiger charge is -2.25. The molecule has 1 rings (SSSR count). The molecule has 3 amide bonds. The van der Waals surface area contributed by atoms with Gasteiger partial charge in [0.25, 0.3) is 0 Å². The van der Waals surface area contributed by atoms with E-state index in [1.54, 1.807) is 0 Å². The molecule has 1 aromatic heterocycles. The Morgan fingerprint density at radius 2 is 1.58 bits per heavy atom. The summed E-state index contributed by atoms with van der Waals surface area (Å²) >= 11 is 0. The number of aromatic amines is 1. The zero-order valence-electron chi connectivity index (χ0n) is 21.4. The van der Waals surface area contributed by atoms with Crippen molar-refractivity contribution in [2.45, 2.75) is 75.7 Å². The lowest BCUT2D eigenvalue weighted by Crippen LogP contribution is -2.58. The molecule has 0 aliphatic rings. The molecule has 0 aliphatic heterocycles. The third-order valence-electron chi connectivity index (χ3n) is 5.57. The van der Waals surface area contributed by atoms with Crippen LogP contribution in [0.5, 0.6) is 0 Å². The standard InChI is InChI=1S/C22H40N10O6/c1-12(33)17(24)20(36)31-15(6-4-8-28-22(25)26)18(34)30-14(5-2-3-7-23)19(35)32-16(21(37)38)9-13-10-27-11-29-13/h10-12,14-17,33H,2-9,23-24H2,1H3,(H,27,29)(H,30,34)(H,31,36)(H,32,35)(H,37,38)(H4,25,26,28). The molecule has 0 spiro atoms. The van der Waals surface area contributed by atoms with Crippen LogP contribution in [-0.2, 0) is 25.6 Å². The van der Waals surface area contributed by atoms with Crippen molar-refractivity contribution >= 4 is 29.7 Å². The van der Waals surface area contributed by atoms with Crippen molar-refractivity contribution in [2.75, 3.05) is 13.1 Å². The molecule has 5 unspecified atom stereocenters. The van der Waals surface area contributed by atoms with Crippen molar-refractivity contribution in [1.29, 1.82) is 0 Å². The Hall–Kier alpha value is -3.76. The van der Waals surface area contributed by atoms with Gasteiger partial charge in [-0.15, -0.1) is 0 Å². The molecule has 14 N–H and O–H groups in total. The minimum absolute atomic E-state index is 0.0504. The molecule has 16 heteroatoms. The van der Waals surface area contributed by atoms with E-state index in [0.717, 1.165) is 0 Å². The fourth-order valence-corrected chi connectivity index (χ4v) is 3.38. The minimum Gasteiger partial charge on any atom is -0.480 e. The number of carboxylic acid groups (broad SMARTS) is 1. The van der Waals surface area contributed by atoms with Crippen LogP contribution in [0.1, 0.15) is 44.7 Å². The summed E-state index contributed by atoms with van der Waals surface area (Å²) in [7, 11) is 0. The van der Waals surface area contributed by atoms with Crippen molar-refractivity contribution in [3.05, 3.63) is 18.2 Å². The number of H-pyrrole nitrogens is 1. The number of aliphatic imine (C=N–C) groups is 1. The van der Waals surface area contributed by atoms with E-state index < -0.39 is 54.0 Å². The number of carbonyl (C=O) groups excluding carboxylic acids is 3. The quantitative estimate of drug-likeness (QED) is 0.0492. The van der Waals surface area contributed by atoms with Gasteiger partial charge in [0.05, 0.1) is 12.4 Å². The molecule has 1 aromatic rings. The third kappa shape index (κ3) is 12.0. The molecule has 5 atom stereocenters. The highest BCUT2D eigenvalue weighted by atomic mass is 16.4. The van der Waals surface area contributed by atoms with Crippen LogP contribution in [0.2, 0.25) is 0 Å². The number of aliphatic carboxylic acids is 1. The second-order valence-electron chi connectivity index (χ2n) is 8.80. The second kappa shape index (κ2) is 16.9. The number of guanidine groups is 1. The minimum atomic E-state index is -1.29. The molecule has 0 saturated carbocycles. The Morgan fingerprint density at radius 3 is 2.08 bits per heavy atom. The summed E-state index contributed by atoms with van der Waals surface area (Å²) in [6, 6.07) is -4.81. The number of nitrogens with zero attached hydrogens (tertiary/aromatic N) is 2. The fraction of sp³-hybridized carbons (Fsp3) is 0.636. The number of hydrogen-bond donors (Lipinski definition) is 10. The van der Waals surface area contributed by atoms with E-state index in [9.17, 15) is 29.4 Å². The lowest BCUT2D eigenvalue weighted by molar-refractivity contribution is -0.142. The zero-order valence-corrected chi connectivity index (χ0v) is 21.4. The van der Waals surface area contributed by atoms with Crippen LogP contribution in [0.25, 0.3) is 0 Å². The first-order valence-corrected chi connectivity index (χ1v) is 12.3. The van der Waals surface area contributed by atoms with E-state index in [-0.39, 0.29) is 31.8 Å². The Morgan fingerprint density at radius 1 is 1.00 bits per heavy atom. The first-order valence-electron chi connectivity index (χ1n) is 12.3. The highest BCUT2D eigenvalue weighted by Crippen LogP contribution is 2.07. The van der Waals surface area contributed by atoms with Gasteiger partial charge in [-0.1, -0.05) is 0 Å². The number of rotatable bonds is 18. The maximum absolute atomic E-state index is 13.2. The van der Waals surface area contributed by atoms with Gasteiger partial charge >= 0.3 is 5.97 Å². The maximum Gasteiger partial charge on any atom is 0.326 e. The Balaban J connectivity index is 3.02. The van der Waals surface area contributed by atoms with Crippen molar-refractivity contribution in [2.24, 2.45) is 27.9 Å². The largest absolute Gasteiger partial charge is 0.480 e. The van der Waals surface area contributed by atoms with Crippen LogP contribution in [0.3, 0.4) is 0 Å². The summed E-state index contributed by atoms with van der Waals surface area (Å²) in [4.78, 5) is 60.9. The lowest BCUT2D eigenvalue weighted by atomic mass is 10.0. The predicted octanol–water partition coefficient (Wildman–Crippen LogP) is -3.62. The SMILES string of the molecule is CC(O)C(N)C(=O)NC(CCCN=C(N)N)C(=O)NC(CCCCN)C(=O)NC(Cc1cnc[nH]1)C(=O)O. The van der Waals surface area contributed by atoms with Crippen LogP contribution < -0.4 is 38.9 Å². The monoisotopic (exact) mass is 540 g/mol. The highest BCUT2D eigenvalue weighted by molar-refractivity contribution is 5.94. The van der Waals surface area contributed by atoms with Gasteiger partial charge in [-0.3, -0.25) is 19.4 Å². The molecule has 38 heavy (non-hydrogen) atoms. The Kier molecular flexibility index (Phi) is 14.3. The molecular weight excluding hydrogens is 500 g/mol. The van der Waals surface area contributed by atoms with E-state index in [0.29, 0.717) is 31.5 Å². The van der Waals surface area contributed by atoms with E-state index in [1.807, 2.05) is 0 Å². The van der Waals surface area contributed by atoms with Crippen molar-refractivity contribution in [1.82, 2.24) is 25.9 Å². The van der Waals surface area contributed by atoms with Gasteiger partial charge in [0.2, 0.25) is 17.7 Å². The summed E-state index contributed by atoms with van der Waals surface area (Å²) in [6.45, 7) is 1.87. The molecule has 0 aliphatic carbocycles. The second-order valence-corrected chi connectivity index (χ2v) is 8.80. The molecule has 0 fully saturated rings. The van der Waals surface area contributed by atoms with Gasteiger partial charge in [0.1, 0.15) is 24.2 Å². The van der Waals surface area contributed by atoms with Crippen LogP contribution in [0, 0.1) is 0 Å². The number of aromatic nitrogens is 2. The number of nitrogens with one attached hydrogen (secondary N) is 4. The first-order chi connectivity index (χ1) is 18.0. The molecule has 16 nitrogen and oxygen atoms in total. The molecule has 0 saturated heterocycles. The number of nitrogens with two attached hydrogens (primary N) is 4. The van der Waals surface area contributed by atoms with Crippen molar-refractivity contribution < 1.29 is 29.4 Å². The summed E-state index contributed by atoms with van der Waals surface area (Å²) in [5.41, 5.74) is 22.4. The predicted molar refractivity (Wildman–Crippen MR) is 138 cm³/mol. The van der Waals surface area contributed by atoms with Crippen molar-refractivity contribution in [3.8, 4) is 0 Å². The number of aliphatic hydroxyl groups is 1. The zero-order chi connectivity index (χ0) is 28.7. The van der Waals surface area contributed by atoms with Gasteiger partial charge in [-0.25, -0.2) is 9.78 Å². The molecule has 0 aromatic carbocycles. The normalized spacial score (nSPS) is 14.8. The fourth-order valence-electron chi connectivity index (χ4n) is 3.38. The summed E-state index contributed by atoms with van der Waals surface area (Å²) < 4.78 is 0. The van der Waals surface area contributed by atoms with Crippen molar-refractivity contribution in [3.63, 3.8) is 0 Å². The number of hydrogen-bond acceptors (Lipinski definition) is 9. The van der Waals surface area contributed by atoms with Gasteiger partial charge in [-0.2, -0.15) is 0 Å². The number of aliphatic hydroxyl groups excluding tert-OH is 1. The Labute approximate surface area is 220 Å². The number of carbonyl (C=O) groups is 4. The van der Waals surface area contributed by atoms with Crippen LogP contribution in [-0.4, -0.2) is 93.2 Å². The molecular formula is C22H40N10O6. The topological polar surface area (TPSA) is 290 Å². The molecule has 0 bridgehead atoms. The smallest absolute Gasteiger partial charge is 0.326 e. The van der Waals surface area contributed by atoms with Crippen LogP contribution >= 0.6 is 0 Å². The van der Waals surface area contributed by atoms with Gasteiger partial charge in [-0.05, 0) is 45.6 Å². The highest BCUT2D eigenvalue weighted by Gasteiger charge is 2.31. The molecule has 0 radical (unpaired) electrons. The van der Waals surface area contributed by atoms with Gasteiger partial charge in [0.15, 0.2) is 5.96 Å². The molecule has 1 heterocycles. The number of carboxylic acids is 1. The number of unbranched alkanes of at least 4 members (excludes halogenated alkanes) is 1. The first kappa shape index (κ1) is 32.3. The average Bonchev–Trinajstić information content (AvgIpc) is 3.37. The van der Waals surface area contributed by atoms with E-state index in [1.165, 1.54) is 19.4 Å². The number of imidazole rings is 1. The van der Waals surface area contributed by atoms with Gasteiger partial charge in [0, 0.05) is 24.9 Å². The van der Waals surface area contributed by atoms with E-state index >= 15 is 0 Å².